The Labute approximate surface area is 196 Å². The van der Waals surface area contributed by atoms with Crippen molar-refractivity contribution in [1.82, 2.24) is 28.6 Å². The number of hydrogen-bond donors (Lipinski definition) is 1. The summed E-state index contributed by atoms with van der Waals surface area (Å²) < 4.78 is 35.7. The molecule has 0 radical (unpaired) electrons. The molecule has 178 valence electrons. The molecule has 11 heteroatoms. The fraction of sp³-hybridized carbons (Fsp3) is 0.348. The molecule has 1 aliphatic heterocycles. The van der Waals surface area contributed by atoms with E-state index in [2.05, 4.69) is 19.9 Å². The number of hydrogen-bond acceptors (Lipinski definition) is 7. The lowest BCUT2D eigenvalue weighted by molar-refractivity contribution is 0.222. The number of ether oxygens (including phenoxy) is 1. The number of benzene rings is 1. The average molecular weight is 483 g/mol. The summed E-state index contributed by atoms with van der Waals surface area (Å²) in [4.78, 5) is 27.0. The lowest BCUT2D eigenvalue weighted by Gasteiger charge is -2.31. The first kappa shape index (κ1) is 22.5. The van der Waals surface area contributed by atoms with E-state index in [0.29, 0.717) is 55.4 Å². The molecule has 10 nitrogen and oxygen atoms in total. The van der Waals surface area contributed by atoms with Crippen molar-refractivity contribution in [3.8, 4) is 17.1 Å². The molecule has 1 N–H and O–H groups in total. The number of pyridine rings is 1. The molecule has 1 fully saturated rings. The molecular formula is C23H26N6O4S. The van der Waals surface area contributed by atoms with Gasteiger partial charge in [0, 0.05) is 32.4 Å². The Morgan fingerprint density at radius 1 is 1.09 bits per heavy atom. The van der Waals surface area contributed by atoms with E-state index in [1.54, 1.807) is 10.5 Å². The summed E-state index contributed by atoms with van der Waals surface area (Å²) in [7, 11) is -1.74. The molecule has 0 atom stereocenters. The van der Waals surface area contributed by atoms with Crippen LogP contribution in [0.2, 0.25) is 0 Å². The Hall–Kier alpha value is -3.28. The van der Waals surface area contributed by atoms with Crippen LogP contribution in [0.3, 0.4) is 0 Å². The van der Waals surface area contributed by atoms with Gasteiger partial charge in [-0.05, 0) is 50.7 Å². The van der Waals surface area contributed by atoms with Gasteiger partial charge in [0.25, 0.3) is 5.56 Å². The number of likely N-dealkylation sites (N-methyl/N-ethyl adjacent to an activating group) is 1. The second-order valence-corrected chi connectivity index (χ2v) is 10.4. The van der Waals surface area contributed by atoms with Gasteiger partial charge in [0.15, 0.2) is 11.2 Å². The van der Waals surface area contributed by atoms with Gasteiger partial charge in [0.1, 0.15) is 17.2 Å². The lowest BCUT2D eigenvalue weighted by atomic mass is 10.2. The Balaban J connectivity index is 1.67. The summed E-state index contributed by atoms with van der Waals surface area (Å²) in [6.07, 6.45) is 1.86. The van der Waals surface area contributed by atoms with Crippen LogP contribution in [0.25, 0.3) is 28.2 Å². The fourth-order valence-corrected chi connectivity index (χ4v) is 5.59. The molecule has 0 amide bonds. The predicted octanol–water partition coefficient (Wildman–Crippen LogP) is 1.88. The molecule has 5 rings (SSSR count). The minimum atomic E-state index is -3.72. The molecule has 3 aromatic heterocycles. The maximum Gasteiger partial charge on any atom is 0.279 e. The third-order valence-corrected chi connectivity index (χ3v) is 7.91. The fourth-order valence-electron chi connectivity index (χ4n) is 4.14. The number of nitrogens with zero attached hydrogens (tertiary/aromatic N) is 5. The molecule has 0 bridgehead atoms. The highest BCUT2D eigenvalue weighted by molar-refractivity contribution is 7.89. The lowest BCUT2D eigenvalue weighted by Crippen LogP contribution is -2.47. The maximum atomic E-state index is 13.4. The smallest absolute Gasteiger partial charge is 0.279 e. The summed E-state index contributed by atoms with van der Waals surface area (Å²) in [6, 6.07) is 8.42. The second-order valence-electron chi connectivity index (χ2n) is 8.43. The standard InChI is InChI=1S/C23H26N6O4S/c1-4-33-18-7-6-16(34(31,32)28-11-9-27(3)10-12-28)13-17(18)21-25-22-20(23(30)26-21)24-19-8-5-15(2)14-29(19)22/h5-8,13-14H,4,9-12H2,1-3H3,(H,25,26,30). The van der Waals surface area contributed by atoms with Gasteiger partial charge in [-0.2, -0.15) is 4.31 Å². The Morgan fingerprint density at radius 2 is 1.85 bits per heavy atom. The number of aryl methyl sites for hydroxylation is 1. The van der Waals surface area contributed by atoms with Crippen molar-refractivity contribution < 1.29 is 13.2 Å². The third kappa shape index (κ3) is 3.85. The molecule has 0 spiro atoms. The van der Waals surface area contributed by atoms with Crippen molar-refractivity contribution >= 4 is 26.8 Å². The van der Waals surface area contributed by atoms with Crippen LogP contribution in [0.15, 0.2) is 46.2 Å². The highest BCUT2D eigenvalue weighted by Gasteiger charge is 2.28. The molecule has 4 aromatic rings. The van der Waals surface area contributed by atoms with Crippen molar-refractivity contribution in [1.29, 1.82) is 0 Å². The second kappa shape index (κ2) is 8.49. The van der Waals surface area contributed by atoms with Gasteiger partial charge >= 0.3 is 0 Å². The molecule has 34 heavy (non-hydrogen) atoms. The average Bonchev–Trinajstić information content (AvgIpc) is 3.18. The Bertz CT molecular complexity index is 1550. The SMILES string of the molecule is CCOc1ccc(S(=O)(=O)N2CCN(C)CC2)cc1-c1nc2c(nc3ccc(C)cn32)c(=O)[nH]1. The number of imidazole rings is 1. The van der Waals surface area contributed by atoms with Gasteiger partial charge in [-0.15, -0.1) is 0 Å². The van der Waals surface area contributed by atoms with Crippen LogP contribution >= 0.6 is 0 Å². The molecule has 0 unspecified atom stereocenters. The van der Waals surface area contributed by atoms with Crippen molar-refractivity contribution in [3.05, 3.63) is 52.4 Å². The van der Waals surface area contributed by atoms with Crippen molar-refractivity contribution in [2.75, 3.05) is 39.8 Å². The van der Waals surface area contributed by atoms with E-state index in [1.807, 2.05) is 39.2 Å². The van der Waals surface area contributed by atoms with Crippen LogP contribution < -0.4 is 10.3 Å². The van der Waals surface area contributed by atoms with Gasteiger partial charge in [0.2, 0.25) is 10.0 Å². The summed E-state index contributed by atoms with van der Waals surface area (Å²) >= 11 is 0. The Morgan fingerprint density at radius 3 is 2.59 bits per heavy atom. The quantitative estimate of drug-likeness (QED) is 0.462. The zero-order valence-electron chi connectivity index (χ0n) is 19.3. The largest absolute Gasteiger partial charge is 0.493 e. The molecule has 0 saturated carbocycles. The molecule has 0 aliphatic carbocycles. The van der Waals surface area contributed by atoms with Crippen LogP contribution in [0.1, 0.15) is 12.5 Å². The monoisotopic (exact) mass is 482 g/mol. The number of piperazine rings is 1. The maximum absolute atomic E-state index is 13.4. The highest BCUT2D eigenvalue weighted by atomic mass is 32.2. The van der Waals surface area contributed by atoms with E-state index < -0.39 is 15.6 Å². The van der Waals surface area contributed by atoms with Gasteiger partial charge in [-0.3, -0.25) is 9.20 Å². The zero-order chi connectivity index (χ0) is 24.0. The van der Waals surface area contributed by atoms with Crippen molar-refractivity contribution in [2.24, 2.45) is 0 Å². The van der Waals surface area contributed by atoms with E-state index in [1.165, 1.54) is 16.4 Å². The topological polar surface area (TPSA) is 113 Å². The molecule has 4 heterocycles. The van der Waals surface area contributed by atoms with Crippen LogP contribution in [-0.4, -0.2) is 76.8 Å². The number of aromatic amines is 1. The minimum absolute atomic E-state index is 0.132. The van der Waals surface area contributed by atoms with Crippen molar-refractivity contribution in [3.63, 3.8) is 0 Å². The summed E-state index contributed by atoms with van der Waals surface area (Å²) in [6.45, 7) is 6.33. The first-order chi connectivity index (χ1) is 16.3. The first-order valence-electron chi connectivity index (χ1n) is 11.1. The van der Waals surface area contributed by atoms with Crippen LogP contribution in [0.4, 0.5) is 0 Å². The van der Waals surface area contributed by atoms with Gasteiger partial charge < -0.3 is 14.6 Å². The predicted molar refractivity (Wildman–Crippen MR) is 129 cm³/mol. The zero-order valence-corrected chi connectivity index (χ0v) is 20.1. The molecule has 1 aromatic carbocycles. The highest BCUT2D eigenvalue weighted by Crippen LogP contribution is 2.32. The molecule has 1 saturated heterocycles. The van der Waals surface area contributed by atoms with Crippen LogP contribution in [0.5, 0.6) is 5.75 Å². The number of sulfonamides is 1. The van der Waals surface area contributed by atoms with Gasteiger partial charge in [-0.1, -0.05) is 6.07 Å². The molecular weight excluding hydrogens is 456 g/mol. The summed E-state index contributed by atoms with van der Waals surface area (Å²) in [5.74, 6) is 0.659. The molecule has 1 aliphatic rings. The normalized spacial score (nSPS) is 15.9. The van der Waals surface area contributed by atoms with E-state index in [-0.39, 0.29) is 16.2 Å². The number of fused-ring (bicyclic) bond motifs is 3. The van der Waals surface area contributed by atoms with E-state index in [0.717, 1.165) is 5.56 Å². The number of rotatable bonds is 5. The first-order valence-corrected chi connectivity index (χ1v) is 12.6. The number of nitrogens with one attached hydrogen (secondary N) is 1. The summed E-state index contributed by atoms with van der Waals surface area (Å²) in [5.41, 5.74) is 2.20. The van der Waals surface area contributed by atoms with Gasteiger partial charge in [-0.25, -0.2) is 18.4 Å². The van der Waals surface area contributed by atoms with Crippen LogP contribution in [-0.2, 0) is 10.0 Å². The summed E-state index contributed by atoms with van der Waals surface area (Å²) in [5, 5.41) is 0. The van der Waals surface area contributed by atoms with Crippen molar-refractivity contribution in [2.45, 2.75) is 18.7 Å². The van der Waals surface area contributed by atoms with E-state index in [9.17, 15) is 13.2 Å². The van der Waals surface area contributed by atoms with E-state index >= 15 is 0 Å². The van der Waals surface area contributed by atoms with Crippen LogP contribution in [0, 0.1) is 6.92 Å². The third-order valence-electron chi connectivity index (χ3n) is 6.01. The Kier molecular flexibility index (Phi) is 5.62. The van der Waals surface area contributed by atoms with Gasteiger partial charge in [0.05, 0.1) is 17.1 Å². The minimum Gasteiger partial charge on any atom is -0.493 e. The number of aromatic nitrogens is 4. The number of H-pyrrole nitrogens is 1. The van der Waals surface area contributed by atoms with E-state index in [4.69, 9.17) is 4.74 Å².